The zero-order valence-electron chi connectivity index (χ0n) is 10.2. The minimum absolute atomic E-state index is 0.0228. The number of ether oxygens (including phenoxy) is 1. The topological polar surface area (TPSA) is 122 Å². The molecule has 2 rings (SSSR count). The van der Waals surface area contributed by atoms with Crippen LogP contribution in [0.5, 0.6) is 5.75 Å². The van der Waals surface area contributed by atoms with Crippen LogP contribution in [-0.2, 0) is 20.2 Å². The van der Waals surface area contributed by atoms with Crippen molar-refractivity contribution in [3.05, 3.63) is 39.7 Å². The van der Waals surface area contributed by atoms with E-state index >= 15 is 0 Å². The lowest BCUT2D eigenvalue weighted by Crippen LogP contribution is -2.05. The minimum atomic E-state index is -0.479. The Morgan fingerprint density at radius 1 is 1.53 bits per heavy atom. The van der Waals surface area contributed by atoms with Crippen LogP contribution in [0.3, 0.4) is 0 Å². The number of aromatic nitrogens is 4. The summed E-state index contributed by atoms with van der Waals surface area (Å²) < 4.78 is 5.48. The van der Waals surface area contributed by atoms with Gasteiger partial charge in [-0.05, 0) is 11.3 Å². The first-order valence-electron chi connectivity index (χ1n) is 5.43. The predicted molar refractivity (Wildman–Crippen MR) is 64.1 cm³/mol. The van der Waals surface area contributed by atoms with Gasteiger partial charge in [0, 0.05) is 24.2 Å². The van der Waals surface area contributed by atoms with Crippen LogP contribution < -0.4 is 10.5 Å². The first-order valence-corrected chi connectivity index (χ1v) is 5.43. The highest BCUT2D eigenvalue weighted by Crippen LogP contribution is 2.24. The molecular formula is C10H12N6O3. The smallest absolute Gasteiger partial charge is 0.270 e. The van der Waals surface area contributed by atoms with Crippen molar-refractivity contribution in [2.45, 2.75) is 13.2 Å². The molecule has 0 amide bonds. The zero-order chi connectivity index (χ0) is 13.8. The van der Waals surface area contributed by atoms with Gasteiger partial charge in [-0.1, -0.05) is 0 Å². The van der Waals surface area contributed by atoms with Crippen LogP contribution in [-0.4, -0.2) is 25.1 Å². The third kappa shape index (κ3) is 3.01. The van der Waals surface area contributed by atoms with Crippen molar-refractivity contribution >= 4 is 5.69 Å². The molecule has 19 heavy (non-hydrogen) atoms. The molecule has 0 aliphatic carbocycles. The Morgan fingerprint density at radius 2 is 2.32 bits per heavy atom. The number of nitro benzene ring substituents is 1. The minimum Gasteiger partial charge on any atom is -0.485 e. The highest BCUT2D eigenvalue weighted by atomic mass is 16.6. The maximum absolute atomic E-state index is 10.7. The van der Waals surface area contributed by atoms with Crippen LogP contribution in [0.1, 0.15) is 11.4 Å². The van der Waals surface area contributed by atoms with Gasteiger partial charge in [-0.25, -0.2) is 0 Å². The largest absolute Gasteiger partial charge is 0.485 e. The van der Waals surface area contributed by atoms with Gasteiger partial charge in [0.15, 0.2) is 6.61 Å². The van der Waals surface area contributed by atoms with Crippen LogP contribution in [0.4, 0.5) is 5.69 Å². The monoisotopic (exact) mass is 264 g/mol. The molecular weight excluding hydrogens is 252 g/mol. The Balaban J connectivity index is 2.13. The highest BCUT2D eigenvalue weighted by molar-refractivity contribution is 5.43. The first kappa shape index (κ1) is 12.9. The third-order valence-electron chi connectivity index (χ3n) is 2.38. The number of hydrogen-bond acceptors (Lipinski definition) is 7. The van der Waals surface area contributed by atoms with E-state index in [1.165, 1.54) is 23.0 Å². The van der Waals surface area contributed by atoms with Gasteiger partial charge in [-0.3, -0.25) is 10.1 Å². The average molecular weight is 264 g/mol. The normalized spacial score (nSPS) is 10.4. The lowest BCUT2D eigenvalue weighted by molar-refractivity contribution is -0.384. The molecule has 0 atom stereocenters. The molecule has 100 valence electrons. The molecule has 2 aromatic rings. The van der Waals surface area contributed by atoms with E-state index in [1.54, 1.807) is 7.05 Å². The van der Waals surface area contributed by atoms with Crippen LogP contribution in [0.15, 0.2) is 18.2 Å². The van der Waals surface area contributed by atoms with E-state index in [4.69, 9.17) is 10.5 Å². The van der Waals surface area contributed by atoms with Gasteiger partial charge < -0.3 is 10.5 Å². The van der Waals surface area contributed by atoms with Gasteiger partial charge in [0.1, 0.15) is 5.75 Å². The van der Waals surface area contributed by atoms with E-state index in [1.807, 2.05) is 0 Å². The fraction of sp³-hybridized carbons (Fsp3) is 0.300. The van der Waals surface area contributed by atoms with Crippen LogP contribution in [0.2, 0.25) is 0 Å². The van der Waals surface area contributed by atoms with Crippen molar-refractivity contribution in [2.75, 3.05) is 0 Å². The molecule has 0 spiro atoms. The average Bonchev–Trinajstić information content (AvgIpc) is 2.81. The molecule has 9 nitrogen and oxygen atoms in total. The standard InChI is InChI=1S/C10H12N6O3/c1-15-13-10(12-14-15)6-19-9-3-2-8(16(17)18)4-7(9)5-11/h2-4H,5-6,11H2,1H3. The summed E-state index contributed by atoms with van der Waals surface area (Å²) in [5.74, 6) is 0.893. The second kappa shape index (κ2) is 5.40. The zero-order valence-corrected chi connectivity index (χ0v) is 10.2. The number of tetrazole rings is 1. The number of aryl methyl sites for hydroxylation is 1. The van der Waals surface area contributed by atoms with Crippen LogP contribution in [0, 0.1) is 10.1 Å². The lowest BCUT2D eigenvalue weighted by atomic mass is 10.2. The summed E-state index contributed by atoms with van der Waals surface area (Å²) in [5, 5.41) is 22.1. The van der Waals surface area contributed by atoms with E-state index in [-0.39, 0.29) is 18.8 Å². The van der Waals surface area contributed by atoms with Gasteiger partial charge in [-0.15, -0.1) is 10.2 Å². The van der Waals surface area contributed by atoms with E-state index in [2.05, 4.69) is 15.4 Å². The van der Waals surface area contributed by atoms with Gasteiger partial charge in [0.05, 0.1) is 12.0 Å². The van der Waals surface area contributed by atoms with Crippen molar-refractivity contribution in [1.82, 2.24) is 20.2 Å². The fourth-order valence-corrected chi connectivity index (χ4v) is 1.50. The molecule has 0 aliphatic rings. The molecule has 1 heterocycles. The second-order valence-corrected chi connectivity index (χ2v) is 3.74. The molecule has 0 radical (unpaired) electrons. The number of rotatable bonds is 5. The molecule has 0 saturated heterocycles. The van der Waals surface area contributed by atoms with Crippen molar-refractivity contribution < 1.29 is 9.66 Å². The first-order chi connectivity index (χ1) is 9.10. The van der Waals surface area contributed by atoms with Crippen molar-refractivity contribution in [2.24, 2.45) is 12.8 Å². The Bertz CT molecular complexity index is 597. The van der Waals surface area contributed by atoms with Crippen LogP contribution >= 0.6 is 0 Å². The molecule has 1 aromatic carbocycles. The summed E-state index contributed by atoms with van der Waals surface area (Å²) >= 11 is 0. The molecule has 2 N–H and O–H groups in total. The number of hydrogen-bond donors (Lipinski definition) is 1. The van der Waals surface area contributed by atoms with E-state index in [9.17, 15) is 10.1 Å². The predicted octanol–water partition coefficient (Wildman–Crippen LogP) is 0.156. The highest BCUT2D eigenvalue weighted by Gasteiger charge is 2.11. The fourth-order valence-electron chi connectivity index (χ4n) is 1.50. The number of nitrogens with two attached hydrogens (primary N) is 1. The van der Waals surface area contributed by atoms with Gasteiger partial charge >= 0.3 is 0 Å². The molecule has 0 aliphatic heterocycles. The van der Waals surface area contributed by atoms with Crippen molar-refractivity contribution in [3.8, 4) is 5.75 Å². The van der Waals surface area contributed by atoms with Crippen molar-refractivity contribution in [1.29, 1.82) is 0 Å². The summed E-state index contributed by atoms with van der Waals surface area (Å²) in [6, 6.07) is 4.26. The Labute approximate surface area is 108 Å². The number of benzene rings is 1. The molecule has 0 unspecified atom stereocenters. The second-order valence-electron chi connectivity index (χ2n) is 3.74. The number of nitro groups is 1. The maximum atomic E-state index is 10.7. The Kier molecular flexibility index (Phi) is 3.66. The van der Waals surface area contributed by atoms with Gasteiger partial charge in [0.25, 0.3) is 5.69 Å². The Hall–Kier alpha value is -2.55. The lowest BCUT2D eigenvalue weighted by Gasteiger charge is -2.08. The maximum Gasteiger partial charge on any atom is 0.270 e. The molecule has 1 aromatic heterocycles. The van der Waals surface area contributed by atoms with E-state index in [0.29, 0.717) is 17.1 Å². The number of non-ortho nitro benzene ring substituents is 1. The summed E-state index contributed by atoms with van der Waals surface area (Å²) in [5.41, 5.74) is 6.07. The van der Waals surface area contributed by atoms with Gasteiger partial charge in [-0.2, -0.15) is 4.80 Å². The Morgan fingerprint density at radius 3 is 2.89 bits per heavy atom. The molecule has 0 fully saturated rings. The SMILES string of the molecule is Cn1nnc(COc2ccc([N+](=O)[O-])cc2CN)n1. The van der Waals surface area contributed by atoms with Crippen molar-refractivity contribution in [3.63, 3.8) is 0 Å². The summed E-state index contributed by atoms with van der Waals surface area (Å²) in [6.07, 6.45) is 0. The summed E-state index contributed by atoms with van der Waals surface area (Å²) in [6.45, 7) is 0.267. The molecule has 9 heteroatoms. The summed E-state index contributed by atoms with van der Waals surface area (Å²) in [4.78, 5) is 11.5. The van der Waals surface area contributed by atoms with Crippen LogP contribution in [0.25, 0.3) is 0 Å². The van der Waals surface area contributed by atoms with E-state index < -0.39 is 4.92 Å². The van der Waals surface area contributed by atoms with Gasteiger partial charge in [0.2, 0.25) is 5.82 Å². The summed E-state index contributed by atoms with van der Waals surface area (Å²) in [7, 11) is 1.65. The quantitative estimate of drug-likeness (QED) is 0.602. The molecule has 0 bridgehead atoms. The number of nitrogens with zero attached hydrogens (tertiary/aromatic N) is 5. The van der Waals surface area contributed by atoms with E-state index in [0.717, 1.165) is 0 Å². The molecule has 0 saturated carbocycles. The third-order valence-corrected chi connectivity index (χ3v) is 2.38.